The molecule has 5 aromatic rings. The number of likely N-dealkylation sites (tertiary alicyclic amines) is 1. The van der Waals surface area contributed by atoms with Crippen LogP contribution in [0.1, 0.15) is 116 Å². The van der Waals surface area contributed by atoms with E-state index in [4.69, 9.17) is 26.8 Å². The van der Waals surface area contributed by atoms with Crippen molar-refractivity contribution in [1.82, 2.24) is 25.3 Å². The number of aryl methyl sites for hydroxylation is 1. The number of rotatable bonds is 10. The predicted octanol–water partition coefficient (Wildman–Crippen LogP) is 9.23. The lowest BCUT2D eigenvalue weighted by Gasteiger charge is -2.47. The van der Waals surface area contributed by atoms with E-state index in [0.717, 1.165) is 93.8 Å². The minimum Gasteiger partial charge on any atom is -0.494 e. The van der Waals surface area contributed by atoms with Crippen LogP contribution in [0.2, 0.25) is 5.02 Å². The first-order valence-corrected chi connectivity index (χ1v) is 24.6. The lowest BCUT2D eigenvalue weighted by molar-refractivity contribution is -0.139. The van der Waals surface area contributed by atoms with Crippen molar-refractivity contribution in [2.45, 2.75) is 101 Å². The van der Waals surface area contributed by atoms with Gasteiger partial charge in [-0.2, -0.15) is 5.10 Å². The largest absolute Gasteiger partial charge is 0.494 e. The Labute approximate surface area is 405 Å². The molecule has 69 heavy (non-hydrogen) atoms. The molecule has 2 aliphatic carbocycles. The van der Waals surface area contributed by atoms with E-state index < -0.39 is 35.1 Å². The average Bonchev–Trinajstić information content (AvgIpc) is 3.83. The number of anilines is 1. The Bertz CT molecular complexity index is 2850. The summed E-state index contributed by atoms with van der Waals surface area (Å²) in [6, 6.07) is 19.6. The Morgan fingerprint density at radius 3 is 2.35 bits per heavy atom. The molecule has 4 fully saturated rings. The van der Waals surface area contributed by atoms with Crippen LogP contribution < -0.4 is 30.7 Å². The van der Waals surface area contributed by atoms with Gasteiger partial charge in [-0.3, -0.25) is 29.3 Å². The molecule has 0 radical (unpaired) electrons. The first-order valence-electron chi connectivity index (χ1n) is 24.2. The summed E-state index contributed by atoms with van der Waals surface area (Å²) in [6.07, 6.45) is 9.81. The maximum atomic E-state index is 16.2. The van der Waals surface area contributed by atoms with Crippen molar-refractivity contribution >= 4 is 52.1 Å². The van der Waals surface area contributed by atoms with Crippen LogP contribution in [0.25, 0.3) is 22.0 Å². The molecule has 2 saturated heterocycles. The monoisotopic (exact) mass is 961 g/mol. The van der Waals surface area contributed by atoms with E-state index in [1.54, 1.807) is 4.90 Å². The summed E-state index contributed by atoms with van der Waals surface area (Å²) in [4.78, 5) is 54.8. The highest BCUT2D eigenvalue weighted by Gasteiger charge is 2.50. The summed E-state index contributed by atoms with van der Waals surface area (Å²) in [5, 5.41) is 11.4. The molecular weight excluding hydrogens is 904 g/mol. The molecule has 2 saturated carbocycles. The fourth-order valence-electron chi connectivity index (χ4n) is 12.2. The number of primary amides is 1. The number of fused-ring (bicyclic) bond motifs is 2. The number of imide groups is 1. The summed E-state index contributed by atoms with van der Waals surface area (Å²) >= 11 is 6.71. The number of carbonyl (C=O) groups excluding carboxylic acids is 4. The molecule has 0 bridgehead atoms. The molecule has 13 nitrogen and oxygen atoms in total. The second-order valence-electron chi connectivity index (χ2n) is 19.9. The van der Waals surface area contributed by atoms with Crippen LogP contribution in [0, 0.1) is 23.0 Å². The summed E-state index contributed by atoms with van der Waals surface area (Å²) in [7, 11) is 3.19. The summed E-state index contributed by atoms with van der Waals surface area (Å²) < 4.78 is 45.9. The highest BCUT2D eigenvalue weighted by Crippen LogP contribution is 2.57. The molecule has 10 rings (SSSR count). The molecule has 3 aliphatic heterocycles. The minimum absolute atomic E-state index is 0.000151. The molecule has 0 unspecified atom stereocenters. The van der Waals surface area contributed by atoms with Gasteiger partial charge in [0.25, 0.3) is 0 Å². The lowest BCUT2D eigenvalue weighted by Crippen LogP contribution is -2.49. The third-order valence-electron chi connectivity index (χ3n) is 16.3. The molecule has 5 amide bonds. The minimum atomic E-state index is -1.07. The standard InChI is InChI=1S/C53H58ClF2N7O6/c1-30-43-41(28-38(55)46(54)45(43)44-37(48(57)65)15-16-40(68-3)47(44)56)69-53(30,34-7-5-4-6-8-34)29-58-35-12-9-32(10-13-35)50(66)62-25-22-52(23-26-62)20-17-31(18-21-52)33-11-14-36-39(27-33)61(2)60-49(36)63-24-19-42(64)59-51(63)67/h4-8,11,14-16,27-28,30-32,35,58H,9-10,12-13,17-26,29H2,1-3H3,(H2,57,65)(H,59,64,67)/t30-,32?,35?,53-/m0/s1. The van der Waals surface area contributed by atoms with Gasteiger partial charge in [0.15, 0.2) is 23.0 Å². The zero-order valence-corrected chi connectivity index (χ0v) is 40.0. The number of benzene rings is 4. The normalized spacial score (nSPS) is 23.8. The highest BCUT2D eigenvalue weighted by molar-refractivity contribution is 6.34. The lowest BCUT2D eigenvalue weighted by atomic mass is 9.64. The number of nitrogens with two attached hydrogens (primary N) is 1. The Hall–Kier alpha value is -6.06. The van der Waals surface area contributed by atoms with E-state index in [0.29, 0.717) is 30.4 Å². The number of methoxy groups -OCH3 is 1. The molecule has 1 spiro atoms. The molecule has 4 N–H and O–H groups in total. The van der Waals surface area contributed by atoms with Crippen molar-refractivity contribution in [3.63, 3.8) is 0 Å². The molecule has 362 valence electrons. The number of urea groups is 1. The zero-order chi connectivity index (χ0) is 48.4. The Morgan fingerprint density at radius 2 is 1.67 bits per heavy atom. The number of hydrogen-bond acceptors (Lipinski definition) is 8. The van der Waals surface area contributed by atoms with Crippen LogP contribution in [0.15, 0.2) is 66.7 Å². The van der Waals surface area contributed by atoms with Crippen LogP contribution in [-0.4, -0.2) is 77.8 Å². The van der Waals surface area contributed by atoms with E-state index in [9.17, 15) is 19.2 Å². The summed E-state index contributed by atoms with van der Waals surface area (Å²) in [6.45, 7) is 4.14. The number of halogens is 3. The fourth-order valence-corrected chi connectivity index (χ4v) is 12.5. The number of hydrogen-bond donors (Lipinski definition) is 3. The van der Waals surface area contributed by atoms with Crippen LogP contribution in [0.3, 0.4) is 0 Å². The van der Waals surface area contributed by atoms with Crippen molar-refractivity contribution in [2.24, 2.45) is 24.1 Å². The Kier molecular flexibility index (Phi) is 12.4. The number of ether oxygens (including phenoxy) is 2. The first-order chi connectivity index (χ1) is 33.2. The molecule has 5 aliphatic rings. The molecule has 2 atom stereocenters. The molecule has 1 aromatic heterocycles. The zero-order valence-electron chi connectivity index (χ0n) is 39.2. The summed E-state index contributed by atoms with van der Waals surface area (Å²) in [5.74, 6) is -2.13. The number of aromatic nitrogens is 2. The van der Waals surface area contributed by atoms with Gasteiger partial charge in [0.1, 0.15) is 11.6 Å². The number of nitrogens with one attached hydrogen (secondary N) is 2. The topological polar surface area (TPSA) is 161 Å². The van der Waals surface area contributed by atoms with Gasteiger partial charge in [-0.1, -0.05) is 54.9 Å². The van der Waals surface area contributed by atoms with Crippen molar-refractivity contribution in [1.29, 1.82) is 0 Å². The average molecular weight is 963 g/mol. The second-order valence-corrected chi connectivity index (χ2v) is 20.3. The Morgan fingerprint density at radius 1 is 0.942 bits per heavy atom. The van der Waals surface area contributed by atoms with Crippen LogP contribution >= 0.6 is 11.6 Å². The number of amides is 5. The van der Waals surface area contributed by atoms with E-state index in [2.05, 4.69) is 38.8 Å². The van der Waals surface area contributed by atoms with E-state index in [-0.39, 0.29) is 68.8 Å². The van der Waals surface area contributed by atoms with Gasteiger partial charge >= 0.3 is 6.03 Å². The van der Waals surface area contributed by atoms with Crippen molar-refractivity contribution < 1.29 is 37.4 Å². The maximum absolute atomic E-state index is 16.2. The Balaban J connectivity index is 0.764. The molecule has 16 heteroatoms. The number of carbonyl (C=O) groups is 4. The van der Waals surface area contributed by atoms with Crippen molar-refractivity contribution in [3.05, 3.63) is 106 Å². The van der Waals surface area contributed by atoms with Gasteiger partial charge in [0.2, 0.25) is 17.7 Å². The maximum Gasteiger partial charge on any atom is 0.329 e. The SMILES string of the molecule is COc1ccc(C(N)=O)c(-c2c(Cl)c(F)cc3c2[C@H](C)[C@@](CNC2CCC(C(=O)N4CCC5(CCC(c6ccc7c(N8CCC(=O)NC8=O)nn(C)c7c6)CC5)CC4)CC2)(c2ccccc2)O3)c1F. The van der Waals surface area contributed by atoms with Crippen LogP contribution in [0.5, 0.6) is 11.5 Å². The fraction of sp³-hybridized carbons (Fsp3) is 0.453. The summed E-state index contributed by atoms with van der Waals surface area (Å²) in [5.41, 5.74) is 8.06. The van der Waals surface area contributed by atoms with Gasteiger partial charge in [0.05, 0.1) is 23.2 Å². The van der Waals surface area contributed by atoms with Gasteiger partial charge in [-0.15, -0.1) is 0 Å². The third-order valence-corrected chi connectivity index (χ3v) is 16.7. The quantitative estimate of drug-likeness (QED) is 0.125. The third kappa shape index (κ3) is 8.28. The van der Waals surface area contributed by atoms with Gasteiger partial charge < -0.3 is 25.4 Å². The molecule has 4 heterocycles. The van der Waals surface area contributed by atoms with E-state index in [1.807, 2.05) is 49.0 Å². The van der Waals surface area contributed by atoms with Gasteiger partial charge in [-0.05, 0) is 111 Å². The first kappa shape index (κ1) is 46.7. The highest BCUT2D eigenvalue weighted by atomic mass is 35.5. The van der Waals surface area contributed by atoms with Gasteiger partial charge in [0, 0.05) is 85.7 Å². The predicted molar refractivity (Wildman–Crippen MR) is 258 cm³/mol. The van der Waals surface area contributed by atoms with Crippen LogP contribution in [0.4, 0.5) is 19.4 Å². The molecule has 4 aromatic carbocycles. The van der Waals surface area contributed by atoms with Gasteiger partial charge in [-0.25, -0.2) is 13.6 Å². The number of piperidine rings is 1. The second kappa shape index (κ2) is 18.4. The van der Waals surface area contributed by atoms with Crippen molar-refractivity contribution in [3.8, 4) is 22.6 Å². The number of nitrogens with zero attached hydrogens (tertiary/aromatic N) is 4. The van der Waals surface area contributed by atoms with E-state index >= 15 is 8.78 Å². The van der Waals surface area contributed by atoms with E-state index in [1.165, 1.54) is 30.9 Å². The molecular formula is C53H58ClF2N7O6. The van der Waals surface area contributed by atoms with Crippen molar-refractivity contribution in [2.75, 3.05) is 38.2 Å². The smallest absolute Gasteiger partial charge is 0.329 e. The van der Waals surface area contributed by atoms with Crippen LogP contribution in [-0.2, 0) is 22.2 Å².